The molecule has 1 fully saturated rings. The first-order valence-corrected chi connectivity index (χ1v) is 11.4. The van der Waals surface area contributed by atoms with Gasteiger partial charge in [-0.1, -0.05) is 26.0 Å². The maximum Gasteiger partial charge on any atom is 0.223 e. The van der Waals surface area contributed by atoms with Gasteiger partial charge >= 0.3 is 0 Å². The number of fused-ring (bicyclic) bond motifs is 1. The Hall–Kier alpha value is -2.21. The number of aryl methyl sites for hydroxylation is 1. The fourth-order valence-corrected chi connectivity index (χ4v) is 5.46. The third-order valence-electron chi connectivity index (χ3n) is 5.83. The third-order valence-corrected chi connectivity index (χ3v) is 6.96. The average molecular weight is 411 g/mol. The minimum Gasteiger partial charge on any atom is -0.333 e. The summed E-state index contributed by atoms with van der Waals surface area (Å²) in [5.41, 5.74) is 4.53. The highest BCUT2D eigenvalue weighted by Crippen LogP contribution is 2.36. The van der Waals surface area contributed by atoms with Gasteiger partial charge in [-0.2, -0.15) is 5.10 Å². The van der Waals surface area contributed by atoms with E-state index in [1.807, 2.05) is 12.1 Å². The van der Waals surface area contributed by atoms with Gasteiger partial charge in [0.1, 0.15) is 5.01 Å². The average Bonchev–Trinajstić information content (AvgIpc) is 3.38. The number of hydrogen-bond acceptors (Lipinski definition) is 4. The van der Waals surface area contributed by atoms with Gasteiger partial charge in [-0.15, -0.1) is 11.3 Å². The van der Waals surface area contributed by atoms with Gasteiger partial charge in [-0.05, 0) is 56.7 Å². The van der Waals surface area contributed by atoms with Gasteiger partial charge in [-0.25, -0.2) is 4.98 Å². The molecule has 1 aliphatic heterocycles. The number of amides is 1. The standard InChI is InChI=1S/C23H30N4OS/c1-15(2)14-27-17(4)18(16(3)25-27)11-12-22(28)26-13-7-9-20(26)23-24-19-8-5-6-10-21(19)29-23/h5-6,8,10,15,20H,7,9,11-14H2,1-4H3. The number of hydrogen-bond donors (Lipinski definition) is 0. The molecule has 4 rings (SSSR count). The lowest BCUT2D eigenvalue weighted by atomic mass is 10.1. The summed E-state index contributed by atoms with van der Waals surface area (Å²) in [6.45, 7) is 10.4. The molecular weight excluding hydrogens is 380 g/mol. The molecule has 2 aromatic heterocycles. The lowest BCUT2D eigenvalue weighted by Crippen LogP contribution is -2.30. The van der Waals surface area contributed by atoms with Crippen LogP contribution in [0.3, 0.4) is 0 Å². The zero-order chi connectivity index (χ0) is 20.5. The molecule has 0 bridgehead atoms. The maximum atomic E-state index is 13.1. The topological polar surface area (TPSA) is 51.0 Å². The first-order valence-electron chi connectivity index (χ1n) is 10.6. The van der Waals surface area contributed by atoms with E-state index in [0.29, 0.717) is 12.3 Å². The highest BCUT2D eigenvalue weighted by Gasteiger charge is 2.32. The van der Waals surface area contributed by atoms with E-state index in [9.17, 15) is 4.79 Å². The summed E-state index contributed by atoms with van der Waals surface area (Å²) in [4.78, 5) is 20.0. The first-order chi connectivity index (χ1) is 13.9. The lowest BCUT2D eigenvalue weighted by Gasteiger charge is -2.23. The monoisotopic (exact) mass is 410 g/mol. The van der Waals surface area contributed by atoms with Crippen molar-refractivity contribution in [1.82, 2.24) is 19.7 Å². The molecule has 0 aliphatic carbocycles. The van der Waals surface area contributed by atoms with Crippen molar-refractivity contribution in [2.24, 2.45) is 5.92 Å². The molecule has 0 spiro atoms. The van der Waals surface area contributed by atoms with Gasteiger partial charge in [0.2, 0.25) is 5.91 Å². The summed E-state index contributed by atoms with van der Waals surface area (Å²) in [5, 5.41) is 5.77. The Balaban J connectivity index is 1.46. The molecule has 3 aromatic rings. The Morgan fingerprint density at radius 2 is 2.07 bits per heavy atom. The minimum atomic E-state index is 0.130. The summed E-state index contributed by atoms with van der Waals surface area (Å²) < 4.78 is 3.30. The quantitative estimate of drug-likeness (QED) is 0.571. The van der Waals surface area contributed by atoms with Crippen LogP contribution in [0.4, 0.5) is 0 Å². The van der Waals surface area contributed by atoms with Crippen molar-refractivity contribution in [3.8, 4) is 0 Å². The first kappa shape index (κ1) is 20.1. The van der Waals surface area contributed by atoms with E-state index < -0.39 is 0 Å². The van der Waals surface area contributed by atoms with Gasteiger partial charge in [0, 0.05) is 25.2 Å². The highest BCUT2D eigenvalue weighted by atomic mass is 32.1. The molecule has 0 N–H and O–H groups in total. The fraction of sp³-hybridized carbons (Fsp3) is 0.522. The molecule has 1 atom stereocenters. The van der Waals surface area contributed by atoms with E-state index in [4.69, 9.17) is 10.1 Å². The Bertz CT molecular complexity index is 986. The van der Waals surface area contributed by atoms with Crippen LogP contribution < -0.4 is 0 Å². The van der Waals surface area contributed by atoms with Crippen LogP contribution in [0.1, 0.15) is 61.1 Å². The van der Waals surface area contributed by atoms with Crippen LogP contribution in [0.5, 0.6) is 0 Å². The second kappa shape index (κ2) is 8.27. The molecule has 3 heterocycles. The summed E-state index contributed by atoms with van der Waals surface area (Å²) in [6.07, 6.45) is 3.36. The van der Waals surface area contributed by atoms with Crippen LogP contribution in [-0.2, 0) is 17.8 Å². The number of benzene rings is 1. The van der Waals surface area contributed by atoms with Gasteiger partial charge in [0.05, 0.1) is 22.0 Å². The van der Waals surface area contributed by atoms with Crippen LogP contribution >= 0.6 is 11.3 Å². The number of rotatable bonds is 6. The predicted octanol–water partition coefficient (Wildman–Crippen LogP) is 5.06. The molecule has 6 heteroatoms. The zero-order valence-corrected chi connectivity index (χ0v) is 18.6. The van der Waals surface area contributed by atoms with Crippen LogP contribution in [0.15, 0.2) is 24.3 Å². The number of para-hydroxylation sites is 1. The largest absolute Gasteiger partial charge is 0.333 e. The van der Waals surface area contributed by atoms with E-state index >= 15 is 0 Å². The van der Waals surface area contributed by atoms with E-state index in [0.717, 1.165) is 48.6 Å². The van der Waals surface area contributed by atoms with Crippen molar-refractivity contribution < 1.29 is 4.79 Å². The molecule has 29 heavy (non-hydrogen) atoms. The Morgan fingerprint density at radius 3 is 2.83 bits per heavy atom. The van der Waals surface area contributed by atoms with Crippen molar-refractivity contribution >= 4 is 27.5 Å². The zero-order valence-electron chi connectivity index (χ0n) is 17.8. The van der Waals surface area contributed by atoms with Crippen molar-refractivity contribution in [2.45, 2.75) is 66.0 Å². The van der Waals surface area contributed by atoms with Gasteiger partial charge in [0.15, 0.2) is 0 Å². The molecule has 1 saturated heterocycles. The summed E-state index contributed by atoms with van der Waals surface area (Å²) in [6, 6.07) is 8.36. The molecule has 0 saturated carbocycles. The van der Waals surface area contributed by atoms with E-state index in [1.54, 1.807) is 11.3 Å². The Labute approximate surface area is 176 Å². The second-order valence-electron chi connectivity index (χ2n) is 8.49. The number of nitrogens with zero attached hydrogens (tertiary/aromatic N) is 4. The summed E-state index contributed by atoms with van der Waals surface area (Å²) >= 11 is 1.73. The van der Waals surface area contributed by atoms with Gasteiger partial charge in [-0.3, -0.25) is 9.48 Å². The third kappa shape index (κ3) is 4.08. The van der Waals surface area contributed by atoms with Crippen molar-refractivity contribution in [1.29, 1.82) is 0 Å². The van der Waals surface area contributed by atoms with Gasteiger partial charge in [0.25, 0.3) is 0 Å². The number of carbonyl (C=O) groups excluding carboxylic acids is 1. The van der Waals surface area contributed by atoms with E-state index in [2.05, 4.69) is 49.4 Å². The molecule has 1 aliphatic rings. The highest BCUT2D eigenvalue weighted by molar-refractivity contribution is 7.18. The summed E-state index contributed by atoms with van der Waals surface area (Å²) in [7, 11) is 0. The smallest absolute Gasteiger partial charge is 0.223 e. The molecule has 0 radical (unpaired) electrons. The summed E-state index contributed by atoms with van der Waals surface area (Å²) in [5.74, 6) is 0.795. The van der Waals surface area contributed by atoms with Crippen molar-refractivity contribution in [3.05, 3.63) is 46.2 Å². The van der Waals surface area contributed by atoms with E-state index in [1.165, 1.54) is 16.0 Å². The number of aromatic nitrogens is 3. The van der Waals surface area contributed by atoms with Crippen molar-refractivity contribution in [2.75, 3.05) is 6.54 Å². The number of likely N-dealkylation sites (tertiary alicyclic amines) is 1. The predicted molar refractivity (Wildman–Crippen MR) is 118 cm³/mol. The van der Waals surface area contributed by atoms with E-state index in [-0.39, 0.29) is 11.9 Å². The molecule has 5 nitrogen and oxygen atoms in total. The second-order valence-corrected chi connectivity index (χ2v) is 9.55. The van der Waals surface area contributed by atoms with Crippen LogP contribution in [0, 0.1) is 19.8 Å². The Morgan fingerprint density at radius 1 is 1.28 bits per heavy atom. The molecule has 154 valence electrons. The van der Waals surface area contributed by atoms with Gasteiger partial charge < -0.3 is 4.90 Å². The SMILES string of the molecule is Cc1nn(CC(C)C)c(C)c1CCC(=O)N1CCCC1c1nc2ccccc2s1. The molecular formula is C23H30N4OS. The molecule has 1 amide bonds. The normalized spacial score (nSPS) is 17.0. The Kier molecular flexibility index (Phi) is 5.72. The molecule has 1 aromatic carbocycles. The maximum absolute atomic E-state index is 13.1. The number of carbonyl (C=O) groups is 1. The lowest BCUT2D eigenvalue weighted by molar-refractivity contribution is -0.132. The number of thiazole rings is 1. The van der Waals surface area contributed by atoms with Crippen LogP contribution in [-0.4, -0.2) is 32.1 Å². The molecule has 1 unspecified atom stereocenters. The van der Waals surface area contributed by atoms with Crippen LogP contribution in [0.2, 0.25) is 0 Å². The van der Waals surface area contributed by atoms with Crippen molar-refractivity contribution in [3.63, 3.8) is 0 Å². The van der Waals surface area contributed by atoms with Crippen LogP contribution in [0.25, 0.3) is 10.2 Å². The minimum absolute atomic E-state index is 0.130. The fourth-order valence-electron chi connectivity index (χ4n) is 4.35.